The molecule has 0 aliphatic heterocycles. The third-order valence-corrected chi connectivity index (χ3v) is 14.9. The molecule has 0 aromatic heterocycles. The molecular formula is C60H117O6Sb. The molecule has 0 rings (SSSR count). The van der Waals surface area contributed by atoms with Gasteiger partial charge in [0.05, 0.1) is 0 Å². The Morgan fingerprint density at radius 1 is 0.224 bits per heavy atom. The molecule has 0 aromatic carbocycles. The van der Waals surface area contributed by atoms with E-state index in [2.05, 4.69) is 62.3 Å². The fourth-order valence-electron chi connectivity index (χ4n) is 9.93. The molecule has 0 fully saturated rings. The molecule has 0 unspecified atom stereocenters. The normalized spacial score (nSPS) is 11.6. The first kappa shape index (κ1) is 72.8. The van der Waals surface area contributed by atoms with Gasteiger partial charge in [0.15, 0.2) is 0 Å². The number of carbonyl (C=O) groups is 3. The third kappa shape index (κ3) is 40.5. The Hall–Kier alpha value is -0.772. The molecule has 0 saturated heterocycles. The van der Waals surface area contributed by atoms with Crippen LogP contribution in [0.5, 0.6) is 0 Å². The van der Waals surface area contributed by atoms with E-state index >= 15 is 0 Å². The predicted octanol–water partition coefficient (Wildman–Crippen LogP) is 16.5. The monoisotopic (exact) mass is 1050 g/mol. The minimum atomic E-state index is -0.794. The minimum Gasteiger partial charge on any atom is -0.550 e. The maximum absolute atomic E-state index is 11.8. The Morgan fingerprint density at radius 2 is 0.343 bits per heavy atom. The van der Waals surface area contributed by atoms with Crippen LogP contribution in [-0.4, -0.2) is 42.3 Å². The average molecular weight is 1060 g/mol. The smallest absolute Gasteiger partial charge is 0.550 e. The van der Waals surface area contributed by atoms with E-state index in [1.54, 1.807) is 0 Å². The SMILES string of the molecule is CCCCCCCCCCC(CCCC)(CCCC)C(=O)[O-].CCCCCCCCCCC(CCCC)(CCCC)C(=O)[O-].CCCCCCCCCCC(CCCC)(CCCC)C(=O)[O-].[Sb+3]. The summed E-state index contributed by atoms with van der Waals surface area (Å²) in [6, 6.07) is 0. The maximum atomic E-state index is 11.8. The van der Waals surface area contributed by atoms with E-state index in [0.29, 0.717) is 0 Å². The van der Waals surface area contributed by atoms with Crippen LogP contribution in [0.4, 0.5) is 0 Å². The zero-order valence-electron chi connectivity index (χ0n) is 46.7. The summed E-state index contributed by atoms with van der Waals surface area (Å²) in [5.41, 5.74) is -1.64. The van der Waals surface area contributed by atoms with Crippen molar-refractivity contribution in [1.29, 1.82) is 0 Å². The first-order chi connectivity index (χ1) is 31.9. The van der Waals surface area contributed by atoms with Gasteiger partial charge in [0.25, 0.3) is 0 Å². The Labute approximate surface area is 437 Å². The molecule has 0 amide bonds. The Bertz CT molecular complexity index is 893. The van der Waals surface area contributed by atoms with Crippen LogP contribution in [0.2, 0.25) is 0 Å². The van der Waals surface area contributed by atoms with E-state index in [-0.39, 0.29) is 24.4 Å². The van der Waals surface area contributed by atoms with Gasteiger partial charge in [-0.2, -0.15) is 0 Å². The van der Waals surface area contributed by atoms with E-state index in [9.17, 15) is 29.7 Å². The number of unbranched alkanes of at least 4 members (excludes halogenated alkanes) is 27. The van der Waals surface area contributed by atoms with Crippen molar-refractivity contribution in [3.8, 4) is 0 Å². The second kappa shape index (κ2) is 53.0. The van der Waals surface area contributed by atoms with Crippen LogP contribution in [0.3, 0.4) is 0 Å². The molecule has 398 valence electrons. The number of rotatable bonds is 48. The number of aliphatic carboxylic acids is 3. The van der Waals surface area contributed by atoms with Gasteiger partial charge in [0.2, 0.25) is 0 Å². The van der Waals surface area contributed by atoms with Crippen LogP contribution in [-0.2, 0) is 14.4 Å². The Balaban J connectivity index is -0.000000441. The van der Waals surface area contributed by atoms with Gasteiger partial charge < -0.3 is 29.7 Å². The van der Waals surface area contributed by atoms with Gasteiger partial charge in [-0.05, 0) is 57.8 Å². The van der Waals surface area contributed by atoms with E-state index in [0.717, 1.165) is 154 Å². The largest absolute Gasteiger partial charge is 3.00 e. The van der Waals surface area contributed by atoms with Gasteiger partial charge in [0, 0.05) is 34.2 Å². The summed E-state index contributed by atoms with van der Waals surface area (Å²) in [5, 5.41) is 35.3. The quantitative estimate of drug-likeness (QED) is 0.0442. The molecule has 0 aliphatic carbocycles. The summed E-state index contributed by atoms with van der Waals surface area (Å²) in [6.07, 6.45) is 50.2. The molecule has 67 heavy (non-hydrogen) atoms. The molecule has 0 bridgehead atoms. The summed E-state index contributed by atoms with van der Waals surface area (Å²) in [5.74, 6) is -2.38. The zero-order valence-corrected chi connectivity index (χ0v) is 49.3. The fraction of sp³-hybridized carbons (Fsp3) is 0.950. The third-order valence-electron chi connectivity index (χ3n) is 14.9. The van der Waals surface area contributed by atoms with Gasteiger partial charge in [-0.3, -0.25) is 0 Å². The second-order valence-corrected chi connectivity index (χ2v) is 21.0. The number of carbonyl (C=O) groups excluding carboxylic acids is 3. The van der Waals surface area contributed by atoms with Crippen LogP contribution in [0.1, 0.15) is 351 Å². The number of carboxylic acids is 3. The van der Waals surface area contributed by atoms with Crippen LogP contribution in [0.25, 0.3) is 0 Å². The fourth-order valence-corrected chi connectivity index (χ4v) is 9.93. The summed E-state index contributed by atoms with van der Waals surface area (Å²) >= 11 is 0. The van der Waals surface area contributed by atoms with E-state index in [1.165, 1.54) is 135 Å². The van der Waals surface area contributed by atoms with E-state index in [1.807, 2.05) is 0 Å². The van der Waals surface area contributed by atoms with Gasteiger partial charge in [-0.15, -0.1) is 0 Å². The summed E-state index contributed by atoms with van der Waals surface area (Å²) in [6.45, 7) is 19.5. The van der Waals surface area contributed by atoms with Crippen molar-refractivity contribution in [2.45, 2.75) is 351 Å². The molecule has 0 spiro atoms. The van der Waals surface area contributed by atoms with Crippen LogP contribution >= 0.6 is 0 Å². The van der Waals surface area contributed by atoms with Gasteiger partial charge in [-0.1, -0.05) is 293 Å². The molecule has 0 aliphatic rings. The molecule has 6 nitrogen and oxygen atoms in total. The molecular weight excluding hydrogens is 938 g/mol. The molecule has 0 N–H and O–H groups in total. The van der Waals surface area contributed by atoms with Crippen molar-refractivity contribution in [1.82, 2.24) is 0 Å². The van der Waals surface area contributed by atoms with Crippen molar-refractivity contribution < 1.29 is 29.7 Å². The van der Waals surface area contributed by atoms with Crippen LogP contribution < -0.4 is 15.3 Å². The zero-order chi connectivity index (χ0) is 50.1. The Kier molecular flexibility index (Phi) is 57.6. The minimum absolute atomic E-state index is 0. The second-order valence-electron chi connectivity index (χ2n) is 21.0. The van der Waals surface area contributed by atoms with Gasteiger partial charge in [0.1, 0.15) is 0 Å². The van der Waals surface area contributed by atoms with Crippen molar-refractivity contribution in [2.75, 3.05) is 0 Å². The molecule has 0 aromatic rings. The first-order valence-electron chi connectivity index (χ1n) is 29.5. The van der Waals surface area contributed by atoms with Crippen molar-refractivity contribution in [3.63, 3.8) is 0 Å². The van der Waals surface area contributed by atoms with Gasteiger partial charge >= 0.3 is 24.4 Å². The van der Waals surface area contributed by atoms with E-state index < -0.39 is 34.2 Å². The van der Waals surface area contributed by atoms with E-state index in [4.69, 9.17) is 0 Å². The van der Waals surface area contributed by atoms with Crippen molar-refractivity contribution in [2.24, 2.45) is 16.2 Å². The maximum Gasteiger partial charge on any atom is 3.00 e. The Morgan fingerprint density at radius 3 is 0.478 bits per heavy atom. The summed E-state index contributed by atoms with van der Waals surface area (Å²) in [4.78, 5) is 35.3. The number of hydrogen-bond donors (Lipinski definition) is 0. The van der Waals surface area contributed by atoms with Crippen LogP contribution in [0.15, 0.2) is 0 Å². The van der Waals surface area contributed by atoms with Crippen molar-refractivity contribution in [3.05, 3.63) is 0 Å². The topological polar surface area (TPSA) is 120 Å². The first-order valence-corrected chi connectivity index (χ1v) is 29.5. The number of hydrogen-bond acceptors (Lipinski definition) is 6. The molecule has 0 saturated carbocycles. The molecule has 0 atom stereocenters. The predicted molar refractivity (Wildman–Crippen MR) is 287 cm³/mol. The summed E-state index contributed by atoms with van der Waals surface area (Å²) < 4.78 is 0. The molecule has 2 radical (unpaired) electrons. The average Bonchev–Trinajstić information content (AvgIpc) is 3.31. The van der Waals surface area contributed by atoms with Crippen LogP contribution in [0, 0.1) is 16.2 Å². The van der Waals surface area contributed by atoms with Crippen molar-refractivity contribution >= 4 is 42.3 Å². The molecule has 0 heterocycles. The number of carboxylic acid groups (broad SMARTS) is 3. The van der Waals surface area contributed by atoms with Gasteiger partial charge in [-0.25, -0.2) is 0 Å². The standard InChI is InChI=1S/3C20H40O2.Sb/c3*1-4-7-10-11-12-13-14-15-18-20(19(21)22,16-8-5-2)17-9-6-3;/h3*4-18H2,1-3H3,(H,21,22);/q;;;+3/p-3. The molecule has 7 heteroatoms. The summed E-state index contributed by atoms with van der Waals surface area (Å²) in [7, 11) is 0.